The van der Waals surface area contributed by atoms with E-state index < -0.39 is 5.91 Å². The lowest BCUT2D eigenvalue weighted by Crippen LogP contribution is -2.13. The molecule has 0 saturated carbocycles. The zero-order valence-electron chi connectivity index (χ0n) is 13.3. The van der Waals surface area contributed by atoms with Crippen molar-refractivity contribution in [3.8, 4) is 29.1 Å². The van der Waals surface area contributed by atoms with E-state index in [1.165, 1.54) is 20.3 Å². The van der Waals surface area contributed by atoms with Gasteiger partial charge in [-0.15, -0.1) is 0 Å². The first-order valence-electron chi connectivity index (χ1n) is 7.06. The number of carbonyl (C=O) groups is 1. The summed E-state index contributed by atoms with van der Waals surface area (Å²) >= 11 is 0. The summed E-state index contributed by atoms with van der Waals surface area (Å²) in [5.74, 6) is 0.928. The summed E-state index contributed by atoms with van der Waals surface area (Å²) in [6.07, 6.45) is 2.86. The standard InChI is InChI=1S/C16H18N2O5/c1-4-5-10-11(6-9(7-17)16(18)19)13(21-3)15-14(12(10)20-2)22-8-23-15/h6H,4-5,8H2,1-3H3,(H2,18,19)/b9-6+. The zero-order chi connectivity index (χ0) is 17.0. The number of carbonyl (C=O) groups excluding carboxylic acids is 1. The summed E-state index contributed by atoms with van der Waals surface area (Å²) in [7, 11) is 3.00. The molecule has 0 fully saturated rings. The van der Waals surface area contributed by atoms with Crippen LogP contribution in [0.25, 0.3) is 6.08 Å². The second-order valence-corrected chi connectivity index (χ2v) is 4.81. The van der Waals surface area contributed by atoms with Gasteiger partial charge >= 0.3 is 0 Å². The Hall–Kier alpha value is -2.88. The normalized spacial score (nSPS) is 12.7. The van der Waals surface area contributed by atoms with Crippen LogP contribution in [0.4, 0.5) is 0 Å². The van der Waals surface area contributed by atoms with Crippen LogP contribution in [0.2, 0.25) is 0 Å². The first-order chi connectivity index (χ1) is 11.1. The van der Waals surface area contributed by atoms with Gasteiger partial charge in [0.2, 0.25) is 18.3 Å². The van der Waals surface area contributed by atoms with Crippen molar-refractivity contribution in [2.75, 3.05) is 21.0 Å². The number of amides is 1. The molecule has 2 rings (SSSR count). The molecule has 0 atom stereocenters. The van der Waals surface area contributed by atoms with Crippen LogP contribution in [0, 0.1) is 11.3 Å². The highest BCUT2D eigenvalue weighted by Gasteiger charge is 2.30. The van der Waals surface area contributed by atoms with Gasteiger partial charge in [0.1, 0.15) is 11.6 Å². The van der Waals surface area contributed by atoms with Crippen molar-refractivity contribution in [2.45, 2.75) is 19.8 Å². The molecule has 122 valence electrons. The Morgan fingerprint density at radius 3 is 2.39 bits per heavy atom. The van der Waals surface area contributed by atoms with E-state index in [2.05, 4.69) is 0 Å². The van der Waals surface area contributed by atoms with Crippen LogP contribution in [0.5, 0.6) is 23.0 Å². The minimum Gasteiger partial charge on any atom is -0.492 e. The molecular formula is C16H18N2O5. The summed E-state index contributed by atoms with van der Waals surface area (Å²) in [4.78, 5) is 11.4. The van der Waals surface area contributed by atoms with E-state index in [1.54, 1.807) is 6.07 Å². The number of benzene rings is 1. The smallest absolute Gasteiger partial charge is 0.259 e. The lowest BCUT2D eigenvalue weighted by atomic mass is 9.97. The van der Waals surface area contributed by atoms with Crippen molar-refractivity contribution < 1.29 is 23.7 Å². The molecule has 1 aliphatic rings. The Balaban J connectivity index is 2.82. The maximum atomic E-state index is 11.4. The number of nitrogens with zero attached hydrogens (tertiary/aromatic N) is 1. The van der Waals surface area contributed by atoms with Gasteiger partial charge in [-0.25, -0.2) is 0 Å². The molecule has 1 aromatic carbocycles. The van der Waals surface area contributed by atoms with Gasteiger partial charge < -0.3 is 24.7 Å². The minimum absolute atomic E-state index is 0.0434. The highest BCUT2D eigenvalue weighted by Crippen LogP contribution is 2.52. The second-order valence-electron chi connectivity index (χ2n) is 4.81. The molecule has 1 amide bonds. The Morgan fingerprint density at radius 1 is 1.30 bits per heavy atom. The molecule has 0 saturated heterocycles. The molecule has 0 bridgehead atoms. The largest absolute Gasteiger partial charge is 0.492 e. The van der Waals surface area contributed by atoms with Crippen LogP contribution in [-0.4, -0.2) is 26.9 Å². The Labute approximate surface area is 134 Å². The second kappa shape index (κ2) is 6.92. The summed E-state index contributed by atoms with van der Waals surface area (Å²) < 4.78 is 21.8. The van der Waals surface area contributed by atoms with Gasteiger partial charge in [-0.1, -0.05) is 13.3 Å². The molecule has 7 heteroatoms. The van der Waals surface area contributed by atoms with E-state index in [9.17, 15) is 4.79 Å². The number of primary amides is 1. The van der Waals surface area contributed by atoms with Crippen LogP contribution < -0.4 is 24.7 Å². The van der Waals surface area contributed by atoms with Gasteiger partial charge in [0.25, 0.3) is 5.91 Å². The number of nitriles is 1. The van der Waals surface area contributed by atoms with Gasteiger partial charge in [-0.3, -0.25) is 4.79 Å². The van der Waals surface area contributed by atoms with Crippen LogP contribution in [0.3, 0.4) is 0 Å². The van der Waals surface area contributed by atoms with E-state index in [0.29, 0.717) is 35.0 Å². The number of fused-ring (bicyclic) bond motifs is 1. The number of rotatable bonds is 6. The lowest BCUT2D eigenvalue weighted by Gasteiger charge is -2.18. The van der Waals surface area contributed by atoms with Crippen LogP contribution in [0.15, 0.2) is 5.57 Å². The van der Waals surface area contributed by atoms with Crippen molar-refractivity contribution in [3.05, 3.63) is 16.7 Å². The van der Waals surface area contributed by atoms with Gasteiger partial charge in [0, 0.05) is 11.1 Å². The average molecular weight is 318 g/mol. The van der Waals surface area contributed by atoms with E-state index in [4.69, 9.17) is 29.9 Å². The van der Waals surface area contributed by atoms with E-state index in [1.807, 2.05) is 6.92 Å². The number of nitrogens with two attached hydrogens (primary N) is 1. The molecule has 1 aliphatic heterocycles. The molecule has 23 heavy (non-hydrogen) atoms. The van der Waals surface area contributed by atoms with Gasteiger partial charge in [0.15, 0.2) is 11.5 Å². The molecule has 7 nitrogen and oxygen atoms in total. The molecule has 0 radical (unpaired) electrons. The van der Waals surface area contributed by atoms with Crippen molar-refractivity contribution in [2.24, 2.45) is 5.73 Å². The fraction of sp³-hybridized carbons (Fsp3) is 0.375. The highest BCUT2D eigenvalue weighted by molar-refractivity contribution is 6.01. The predicted molar refractivity (Wildman–Crippen MR) is 82.4 cm³/mol. The third-order valence-corrected chi connectivity index (χ3v) is 3.45. The maximum absolute atomic E-state index is 11.4. The fourth-order valence-electron chi connectivity index (χ4n) is 2.51. The monoisotopic (exact) mass is 318 g/mol. The van der Waals surface area contributed by atoms with Crippen LogP contribution in [0.1, 0.15) is 24.5 Å². The Kier molecular flexibility index (Phi) is 4.96. The minimum atomic E-state index is -0.811. The van der Waals surface area contributed by atoms with E-state index in [0.717, 1.165) is 12.0 Å². The van der Waals surface area contributed by atoms with E-state index >= 15 is 0 Å². The predicted octanol–water partition coefficient (Wildman–Crippen LogP) is 1.78. The topological polar surface area (TPSA) is 104 Å². The Morgan fingerprint density at radius 2 is 1.91 bits per heavy atom. The fourth-order valence-corrected chi connectivity index (χ4v) is 2.51. The van der Waals surface area contributed by atoms with E-state index in [-0.39, 0.29) is 12.4 Å². The van der Waals surface area contributed by atoms with Crippen LogP contribution in [-0.2, 0) is 11.2 Å². The number of hydrogen-bond acceptors (Lipinski definition) is 6. The maximum Gasteiger partial charge on any atom is 0.259 e. The number of ether oxygens (including phenoxy) is 4. The average Bonchev–Trinajstić information content (AvgIpc) is 3.01. The summed E-state index contributed by atoms with van der Waals surface area (Å²) in [6, 6.07) is 1.79. The zero-order valence-corrected chi connectivity index (χ0v) is 13.3. The van der Waals surface area contributed by atoms with Gasteiger partial charge in [-0.05, 0) is 12.5 Å². The van der Waals surface area contributed by atoms with Crippen molar-refractivity contribution >= 4 is 12.0 Å². The van der Waals surface area contributed by atoms with Crippen molar-refractivity contribution in [1.82, 2.24) is 0 Å². The van der Waals surface area contributed by atoms with Gasteiger partial charge in [0.05, 0.1) is 14.2 Å². The van der Waals surface area contributed by atoms with Crippen LogP contribution >= 0.6 is 0 Å². The molecule has 0 aliphatic carbocycles. The summed E-state index contributed by atoms with van der Waals surface area (Å²) in [6.45, 7) is 2.05. The molecule has 0 unspecified atom stereocenters. The molecule has 0 aromatic heterocycles. The third kappa shape index (κ3) is 2.88. The first-order valence-corrected chi connectivity index (χ1v) is 7.06. The highest BCUT2D eigenvalue weighted by atomic mass is 16.7. The SMILES string of the molecule is CCCc1c(/C=C(\C#N)C(N)=O)c(OC)c2c(c1OC)OCO2. The summed E-state index contributed by atoms with van der Waals surface area (Å²) in [5.41, 5.74) is 6.36. The molecule has 1 heterocycles. The lowest BCUT2D eigenvalue weighted by molar-refractivity contribution is -0.114. The summed E-state index contributed by atoms with van der Waals surface area (Å²) in [5, 5.41) is 9.11. The third-order valence-electron chi connectivity index (χ3n) is 3.45. The molecule has 1 aromatic rings. The van der Waals surface area contributed by atoms with Crippen molar-refractivity contribution in [3.63, 3.8) is 0 Å². The molecular weight excluding hydrogens is 300 g/mol. The van der Waals surface area contributed by atoms with Crippen molar-refractivity contribution in [1.29, 1.82) is 5.26 Å². The number of methoxy groups -OCH3 is 2. The quantitative estimate of drug-likeness (QED) is 0.633. The molecule has 0 spiro atoms. The first kappa shape index (κ1) is 16.5. The Bertz CT molecular complexity index is 704. The molecule has 2 N–H and O–H groups in total. The van der Waals surface area contributed by atoms with Gasteiger partial charge in [-0.2, -0.15) is 5.26 Å². The number of hydrogen-bond donors (Lipinski definition) is 1.